The van der Waals surface area contributed by atoms with Gasteiger partial charge in [-0.25, -0.2) is 9.36 Å². The molecule has 0 radical (unpaired) electrons. The van der Waals surface area contributed by atoms with Crippen molar-refractivity contribution in [1.29, 1.82) is 0 Å². The lowest BCUT2D eigenvalue weighted by molar-refractivity contribution is -0.145. The summed E-state index contributed by atoms with van der Waals surface area (Å²) in [6, 6.07) is 16.6. The molecule has 0 amide bonds. The third-order valence-corrected chi connectivity index (χ3v) is 5.87. The second kappa shape index (κ2) is 8.64. The van der Waals surface area contributed by atoms with Gasteiger partial charge in [-0.3, -0.25) is 23.1 Å². The predicted molar refractivity (Wildman–Crippen MR) is 129 cm³/mol. The second-order valence-corrected chi connectivity index (χ2v) is 8.14. The second-order valence-electron chi connectivity index (χ2n) is 8.14. The van der Waals surface area contributed by atoms with Gasteiger partial charge in [-0.05, 0) is 24.6 Å². The Labute approximate surface area is 199 Å². The molecule has 0 aliphatic heterocycles. The molecule has 0 unspecified atom stereocenters. The van der Waals surface area contributed by atoms with Crippen molar-refractivity contribution < 1.29 is 14.3 Å². The number of methoxy groups -OCH3 is 1. The average Bonchev–Trinajstić information content (AvgIpc) is 3.39. The fourth-order valence-electron chi connectivity index (χ4n) is 4.13. The number of benzene rings is 2. The Morgan fingerprint density at radius 2 is 1.83 bits per heavy atom. The molecule has 0 saturated heterocycles. The summed E-state index contributed by atoms with van der Waals surface area (Å²) in [5, 5.41) is 0. The highest BCUT2D eigenvalue weighted by Crippen LogP contribution is 2.23. The number of nitrogens with zero attached hydrogens (tertiary/aromatic N) is 5. The summed E-state index contributed by atoms with van der Waals surface area (Å²) in [5.41, 5.74) is 1.58. The molecule has 5 aromatic rings. The van der Waals surface area contributed by atoms with E-state index in [1.54, 1.807) is 17.7 Å². The number of hydrogen-bond donors (Lipinski definition) is 0. The quantitative estimate of drug-likeness (QED) is 0.351. The van der Waals surface area contributed by atoms with E-state index in [0.717, 1.165) is 21.5 Å². The minimum atomic E-state index is -0.682. The highest BCUT2D eigenvalue weighted by atomic mass is 16.5. The van der Waals surface area contributed by atoms with Crippen molar-refractivity contribution in [2.75, 3.05) is 7.11 Å². The zero-order valence-corrected chi connectivity index (χ0v) is 19.5. The van der Waals surface area contributed by atoms with Crippen LogP contribution in [0.15, 0.2) is 70.4 Å². The number of carbonyl (C=O) groups excluding carboxylic acids is 1. The summed E-state index contributed by atoms with van der Waals surface area (Å²) >= 11 is 0. The number of rotatable bonds is 6. The molecule has 0 saturated carbocycles. The van der Waals surface area contributed by atoms with E-state index in [1.807, 2.05) is 66.1 Å². The maximum Gasteiger partial charge on any atom is 0.333 e. The Bertz CT molecular complexity index is 1690. The summed E-state index contributed by atoms with van der Waals surface area (Å²) in [5.74, 6) is 0.453. The maximum absolute atomic E-state index is 13.4. The molecular formula is C25H23N5O5. The molecule has 3 heterocycles. The van der Waals surface area contributed by atoms with Gasteiger partial charge in [0.1, 0.15) is 18.9 Å². The maximum atomic E-state index is 13.4. The van der Waals surface area contributed by atoms with Gasteiger partial charge in [0.2, 0.25) is 5.78 Å². The monoisotopic (exact) mass is 473 g/mol. The van der Waals surface area contributed by atoms with Crippen molar-refractivity contribution in [2.45, 2.75) is 20.1 Å². The molecule has 0 atom stereocenters. The van der Waals surface area contributed by atoms with Crippen LogP contribution >= 0.6 is 0 Å². The highest BCUT2D eigenvalue weighted by Gasteiger charge is 2.22. The number of ether oxygens (including phenoxy) is 2. The van der Waals surface area contributed by atoms with E-state index in [1.165, 1.54) is 11.6 Å². The summed E-state index contributed by atoms with van der Waals surface area (Å²) in [7, 11) is 3.11. The van der Waals surface area contributed by atoms with Crippen molar-refractivity contribution in [3.05, 3.63) is 92.9 Å². The number of esters is 1. The zero-order chi connectivity index (χ0) is 24.7. The molecule has 0 bridgehead atoms. The smallest absolute Gasteiger partial charge is 0.333 e. The van der Waals surface area contributed by atoms with Gasteiger partial charge in [-0.15, -0.1) is 0 Å². The zero-order valence-electron chi connectivity index (χ0n) is 19.5. The molecule has 0 N–H and O–H groups in total. The van der Waals surface area contributed by atoms with E-state index in [9.17, 15) is 14.4 Å². The minimum Gasteiger partial charge on any atom is -0.497 e. The van der Waals surface area contributed by atoms with Crippen LogP contribution in [0.4, 0.5) is 0 Å². The molecular weight excluding hydrogens is 450 g/mol. The molecule has 0 aliphatic carbocycles. The molecule has 0 spiro atoms. The van der Waals surface area contributed by atoms with Gasteiger partial charge < -0.3 is 9.47 Å². The first-order valence-corrected chi connectivity index (χ1v) is 10.9. The van der Waals surface area contributed by atoms with Crippen molar-refractivity contribution >= 4 is 22.9 Å². The Hall–Kier alpha value is -4.60. The summed E-state index contributed by atoms with van der Waals surface area (Å²) in [6.45, 7) is 1.44. The molecule has 0 fully saturated rings. The molecule has 178 valence electrons. The summed E-state index contributed by atoms with van der Waals surface area (Å²) in [4.78, 5) is 43.4. The van der Waals surface area contributed by atoms with E-state index >= 15 is 0 Å². The molecule has 0 aliphatic rings. The van der Waals surface area contributed by atoms with Crippen molar-refractivity contribution in [2.24, 2.45) is 7.05 Å². The fraction of sp³-hybridized carbons (Fsp3) is 0.200. The minimum absolute atomic E-state index is 0.0521. The van der Waals surface area contributed by atoms with Crippen LogP contribution in [-0.4, -0.2) is 36.2 Å². The van der Waals surface area contributed by atoms with Crippen LogP contribution in [0.3, 0.4) is 0 Å². The number of aryl methyl sites for hydroxylation is 2. The molecule has 10 heteroatoms. The first-order valence-electron chi connectivity index (χ1n) is 10.9. The van der Waals surface area contributed by atoms with E-state index in [2.05, 4.69) is 4.98 Å². The Morgan fingerprint density at radius 1 is 1.06 bits per heavy atom. The standard InChI is InChI=1S/C25H23N5O5/c1-16-13-28-21-22(26-24(28)30(16)18-10-7-11-19(12-18)34-3)27(2)25(33)29(23(21)32)14-20(31)35-15-17-8-5-4-6-9-17/h4-13H,14-15H2,1-3H3. The van der Waals surface area contributed by atoms with Crippen molar-refractivity contribution in [3.63, 3.8) is 0 Å². The number of carbonyl (C=O) groups is 1. The lowest BCUT2D eigenvalue weighted by Gasteiger charge is -2.09. The first kappa shape index (κ1) is 22.2. The van der Waals surface area contributed by atoms with E-state index in [0.29, 0.717) is 11.5 Å². The molecule has 10 nitrogen and oxygen atoms in total. The lowest BCUT2D eigenvalue weighted by Crippen LogP contribution is -2.41. The van der Waals surface area contributed by atoms with E-state index in [-0.39, 0.29) is 17.8 Å². The van der Waals surface area contributed by atoms with Gasteiger partial charge in [0, 0.05) is 25.0 Å². The van der Waals surface area contributed by atoms with Crippen molar-refractivity contribution in [3.8, 4) is 11.4 Å². The van der Waals surface area contributed by atoms with Crippen LogP contribution < -0.4 is 16.0 Å². The predicted octanol–water partition coefficient (Wildman–Crippen LogP) is 2.20. The summed E-state index contributed by atoms with van der Waals surface area (Å²) in [6.07, 6.45) is 1.77. The number of hydrogen-bond acceptors (Lipinski definition) is 6. The Morgan fingerprint density at radius 3 is 2.57 bits per heavy atom. The SMILES string of the molecule is COc1cccc(-n2c(C)cn3c4c(=O)n(CC(=O)OCc5ccccc5)c(=O)n(C)c4nc23)c1. The number of imidazole rings is 2. The topological polar surface area (TPSA) is 102 Å². The summed E-state index contributed by atoms with van der Waals surface area (Å²) < 4.78 is 16.3. The average molecular weight is 473 g/mol. The first-order chi connectivity index (χ1) is 16.9. The molecule has 3 aromatic heterocycles. The van der Waals surface area contributed by atoms with Gasteiger partial charge >= 0.3 is 11.7 Å². The third kappa shape index (κ3) is 3.78. The Balaban J connectivity index is 1.58. The fourth-order valence-corrected chi connectivity index (χ4v) is 4.13. The normalized spacial score (nSPS) is 11.3. The molecule has 2 aromatic carbocycles. The van der Waals surface area contributed by atoms with Crippen LogP contribution in [0.1, 0.15) is 11.3 Å². The van der Waals surface area contributed by atoms with Crippen LogP contribution in [0, 0.1) is 6.92 Å². The number of aromatic nitrogens is 5. The van der Waals surface area contributed by atoms with E-state index in [4.69, 9.17) is 9.47 Å². The van der Waals surface area contributed by atoms with Crippen molar-refractivity contribution in [1.82, 2.24) is 23.1 Å². The third-order valence-electron chi connectivity index (χ3n) is 5.87. The van der Waals surface area contributed by atoms with Gasteiger partial charge in [-0.2, -0.15) is 4.98 Å². The molecule has 35 heavy (non-hydrogen) atoms. The van der Waals surface area contributed by atoms with Gasteiger partial charge in [0.15, 0.2) is 11.2 Å². The molecule has 5 rings (SSSR count). The lowest BCUT2D eigenvalue weighted by atomic mass is 10.2. The highest BCUT2D eigenvalue weighted by molar-refractivity contribution is 5.77. The van der Waals surface area contributed by atoms with Crippen LogP contribution in [0.25, 0.3) is 22.6 Å². The van der Waals surface area contributed by atoms with Crippen LogP contribution in [0.2, 0.25) is 0 Å². The Kier molecular flexibility index (Phi) is 5.48. The van der Waals surface area contributed by atoms with E-state index < -0.39 is 23.8 Å². The largest absolute Gasteiger partial charge is 0.497 e. The number of fused-ring (bicyclic) bond motifs is 3. The van der Waals surface area contributed by atoms with Crippen LogP contribution in [0.5, 0.6) is 5.75 Å². The van der Waals surface area contributed by atoms with Gasteiger partial charge in [0.05, 0.1) is 12.8 Å². The van der Waals surface area contributed by atoms with Crippen LogP contribution in [-0.2, 0) is 29.7 Å². The van der Waals surface area contributed by atoms with Gasteiger partial charge in [-0.1, -0.05) is 36.4 Å². The van der Waals surface area contributed by atoms with Gasteiger partial charge in [0.25, 0.3) is 5.56 Å².